The summed E-state index contributed by atoms with van der Waals surface area (Å²) in [5, 5.41) is 3.14. The molecule has 0 bridgehead atoms. The molecule has 2 aromatic rings. The Kier molecular flexibility index (Phi) is 8.00. The molecule has 32 heavy (non-hydrogen) atoms. The molecule has 174 valence electrons. The molecule has 1 atom stereocenters. The number of rotatable bonds is 8. The van der Waals surface area contributed by atoms with Crippen molar-refractivity contribution in [3.8, 4) is 11.5 Å². The molecule has 1 aliphatic heterocycles. The van der Waals surface area contributed by atoms with Crippen LogP contribution in [0, 0.1) is 0 Å². The van der Waals surface area contributed by atoms with E-state index in [4.69, 9.17) is 21.1 Å². The van der Waals surface area contributed by atoms with Gasteiger partial charge in [-0.2, -0.15) is 4.31 Å². The van der Waals surface area contributed by atoms with Gasteiger partial charge in [-0.1, -0.05) is 29.8 Å². The first-order valence-electron chi connectivity index (χ1n) is 10.2. The van der Waals surface area contributed by atoms with E-state index in [-0.39, 0.29) is 21.9 Å². The summed E-state index contributed by atoms with van der Waals surface area (Å²) in [7, 11) is -0.535. The molecule has 10 heteroatoms. The summed E-state index contributed by atoms with van der Waals surface area (Å²) in [6, 6.07) is 11.5. The summed E-state index contributed by atoms with van der Waals surface area (Å²) < 4.78 is 37.7. The van der Waals surface area contributed by atoms with Crippen molar-refractivity contribution in [2.45, 2.75) is 24.4 Å². The van der Waals surface area contributed by atoms with E-state index in [0.29, 0.717) is 44.2 Å². The Morgan fingerprint density at radius 3 is 2.34 bits per heavy atom. The van der Waals surface area contributed by atoms with Gasteiger partial charge in [0.25, 0.3) is 0 Å². The highest BCUT2D eigenvalue weighted by molar-refractivity contribution is 7.89. The van der Waals surface area contributed by atoms with Gasteiger partial charge in [0.15, 0.2) is 11.5 Å². The Morgan fingerprint density at radius 1 is 1.06 bits per heavy atom. The maximum absolute atomic E-state index is 12.9. The minimum absolute atomic E-state index is 0.107. The zero-order valence-electron chi connectivity index (χ0n) is 18.4. The highest BCUT2D eigenvalue weighted by Crippen LogP contribution is 2.28. The third-order valence-electron chi connectivity index (χ3n) is 5.57. The third kappa shape index (κ3) is 5.35. The number of piperazine rings is 1. The Bertz CT molecular complexity index is 1060. The van der Waals surface area contributed by atoms with Crippen molar-refractivity contribution in [3.63, 3.8) is 0 Å². The van der Waals surface area contributed by atoms with Crippen LogP contribution in [0.1, 0.15) is 12.5 Å². The van der Waals surface area contributed by atoms with E-state index in [1.165, 1.54) is 10.4 Å². The maximum atomic E-state index is 12.9. The van der Waals surface area contributed by atoms with Gasteiger partial charge >= 0.3 is 0 Å². The van der Waals surface area contributed by atoms with E-state index < -0.39 is 10.0 Å². The number of ether oxygens (including phenoxy) is 2. The van der Waals surface area contributed by atoms with Crippen LogP contribution in [-0.2, 0) is 21.4 Å². The molecule has 1 unspecified atom stereocenters. The topological polar surface area (TPSA) is 88.2 Å². The van der Waals surface area contributed by atoms with Crippen molar-refractivity contribution in [2.75, 3.05) is 40.4 Å². The summed E-state index contributed by atoms with van der Waals surface area (Å²) in [6.45, 7) is 3.66. The summed E-state index contributed by atoms with van der Waals surface area (Å²) in [6.07, 6.45) is 0. The highest BCUT2D eigenvalue weighted by atomic mass is 35.5. The average molecular weight is 482 g/mol. The molecule has 3 rings (SSSR count). The van der Waals surface area contributed by atoms with Crippen LogP contribution in [0.5, 0.6) is 11.5 Å². The molecular formula is C22H28ClN3O5S. The van der Waals surface area contributed by atoms with Crippen molar-refractivity contribution < 1.29 is 22.7 Å². The van der Waals surface area contributed by atoms with Crippen LogP contribution in [0.25, 0.3) is 0 Å². The van der Waals surface area contributed by atoms with E-state index in [1.54, 1.807) is 38.5 Å². The van der Waals surface area contributed by atoms with Gasteiger partial charge in [0.1, 0.15) is 4.90 Å². The smallest absolute Gasteiger partial charge is 0.244 e. The van der Waals surface area contributed by atoms with Crippen molar-refractivity contribution in [2.24, 2.45) is 0 Å². The fourth-order valence-corrected chi connectivity index (χ4v) is 5.53. The second kappa shape index (κ2) is 10.5. The van der Waals surface area contributed by atoms with Crippen LogP contribution in [0.2, 0.25) is 5.02 Å². The maximum Gasteiger partial charge on any atom is 0.244 e. The van der Waals surface area contributed by atoms with E-state index in [2.05, 4.69) is 5.32 Å². The minimum Gasteiger partial charge on any atom is -0.493 e. The number of hydrogen-bond donors (Lipinski definition) is 1. The predicted octanol–water partition coefficient (Wildman–Crippen LogP) is 2.37. The summed E-state index contributed by atoms with van der Waals surface area (Å²) in [5.41, 5.74) is 0.888. The molecular weight excluding hydrogens is 454 g/mol. The van der Waals surface area contributed by atoms with E-state index in [1.807, 2.05) is 24.0 Å². The van der Waals surface area contributed by atoms with Crippen LogP contribution in [0.4, 0.5) is 0 Å². The van der Waals surface area contributed by atoms with Crippen LogP contribution in [0.3, 0.4) is 0 Å². The molecule has 0 radical (unpaired) electrons. The second-order valence-electron chi connectivity index (χ2n) is 7.45. The SMILES string of the molecule is COc1ccc(CNC(=O)C(C)N2CCN(S(=O)(=O)c3ccccc3Cl)CC2)cc1OC. The summed E-state index contributed by atoms with van der Waals surface area (Å²) in [5.74, 6) is 1.10. The molecule has 0 aromatic heterocycles. The van der Waals surface area contributed by atoms with Crippen LogP contribution in [0.15, 0.2) is 47.4 Å². The van der Waals surface area contributed by atoms with Gasteiger partial charge in [-0.05, 0) is 36.8 Å². The number of methoxy groups -OCH3 is 2. The monoisotopic (exact) mass is 481 g/mol. The van der Waals surface area contributed by atoms with Crippen molar-refractivity contribution in [1.29, 1.82) is 0 Å². The van der Waals surface area contributed by atoms with Gasteiger partial charge in [-0.3, -0.25) is 9.69 Å². The average Bonchev–Trinajstić information content (AvgIpc) is 2.82. The lowest BCUT2D eigenvalue weighted by Gasteiger charge is -2.36. The molecule has 0 aliphatic carbocycles. The number of amides is 1. The predicted molar refractivity (Wildman–Crippen MR) is 123 cm³/mol. The van der Waals surface area contributed by atoms with Gasteiger partial charge in [0, 0.05) is 32.7 Å². The van der Waals surface area contributed by atoms with E-state index >= 15 is 0 Å². The first kappa shape index (κ1) is 24.3. The third-order valence-corrected chi connectivity index (χ3v) is 7.97. The molecule has 0 spiro atoms. The molecule has 1 amide bonds. The molecule has 1 aliphatic rings. The van der Waals surface area contributed by atoms with Gasteiger partial charge in [-0.15, -0.1) is 0 Å². The molecule has 1 heterocycles. The number of sulfonamides is 1. The zero-order chi connectivity index (χ0) is 23.3. The van der Waals surface area contributed by atoms with Crippen LogP contribution < -0.4 is 14.8 Å². The van der Waals surface area contributed by atoms with Gasteiger partial charge in [-0.25, -0.2) is 8.42 Å². The van der Waals surface area contributed by atoms with Crippen molar-refractivity contribution >= 4 is 27.5 Å². The lowest BCUT2D eigenvalue weighted by atomic mass is 10.2. The van der Waals surface area contributed by atoms with Crippen molar-refractivity contribution in [3.05, 3.63) is 53.1 Å². The first-order chi connectivity index (χ1) is 15.3. The number of carbonyl (C=O) groups is 1. The number of hydrogen-bond acceptors (Lipinski definition) is 6. The van der Waals surface area contributed by atoms with Gasteiger partial charge in [0.2, 0.25) is 15.9 Å². The first-order valence-corrected chi connectivity index (χ1v) is 12.1. The van der Waals surface area contributed by atoms with Crippen LogP contribution in [-0.4, -0.2) is 70.0 Å². The summed E-state index contributed by atoms with van der Waals surface area (Å²) >= 11 is 6.09. The molecule has 2 aromatic carbocycles. The van der Waals surface area contributed by atoms with Crippen LogP contribution >= 0.6 is 11.6 Å². The summed E-state index contributed by atoms with van der Waals surface area (Å²) in [4.78, 5) is 14.8. The zero-order valence-corrected chi connectivity index (χ0v) is 19.9. The Labute approximate surface area is 194 Å². The fourth-order valence-electron chi connectivity index (χ4n) is 3.62. The number of nitrogens with one attached hydrogen (secondary N) is 1. The Morgan fingerprint density at radius 2 is 1.72 bits per heavy atom. The standard InChI is InChI=1S/C22H28ClN3O5S/c1-16(22(27)24-15-17-8-9-19(30-2)20(14-17)31-3)25-10-12-26(13-11-25)32(28,29)21-7-5-4-6-18(21)23/h4-9,14,16H,10-13,15H2,1-3H3,(H,24,27). The molecule has 1 saturated heterocycles. The molecule has 8 nitrogen and oxygen atoms in total. The lowest BCUT2D eigenvalue weighted by Crippen LogP contribution is -2.54. The number of halogens is 1. The fraction of sp³-hybridized carbons (Fsp3) is 0.409. The molecule has 1 N–H and O–H groups in total. The normalized spacial score (nSPS) is 16.4. The quantitative estimate of drug-likeness (QED) is 0.622. The Balaban J connectivity index is 1.55. The molecule has 0 saturated carbocycles. The Hall–Kier alpha value is -2.33. The second-order valence-corrected chi connectivity index (χ2v) is 9.77. The van der Waals surface area contributed by atoms with Crippen molar-refractivity contribution in [1.82, 2.24) is 14.5 Å². The minimum atomic E-state index is -3.67. The van der Waals surface area contributed by atoms with Gasteiger partial charge in [0.05, 0.1) is 25.3 Å². The van der Waals surface area contributed by atoms with Gasteiger partial charge < -0.3 is 14.8 Å². The largest absolute Gasteiger partial charge is 0.493 e. The molecule has 1 fully saturated rings. The number of carbonyl (C=O) groups excluding carboxylic acids is 1. The van der Waals surface area contributed by atoms with E-state index in [9.17, 15) is 13.2 Å². The number of nitrogens with zero attached hydrogens (tertiary/aromatic N) is 2. The van der Waals surface area contributed by atoms with E-state index in [0.717, 1.165) is 5.56 Å². The lowest BCUT2D eigenvalue weighted by molar-refractivity contribution is -0.126. The number of benzene rings is 2. The highest BCUT2D eigenvalue weighted by Gasteiger charge is 2.32.